The van der Waals surface area contributed by atoms with Gasteiger partial charge in [0.2, 0.25) is 0 Å². The van der Waals surface area contributed by atoms with E-state index in [4.69, 9.17) is 9.47 Å². The summed E-state index contributed by atoms with van der Waals surface area (Å²) >= 11 is 0. The molecule has 2 heterocycles. The minimum absolute atomic E-state index is 0.278. The molecule has 0 amide bonds. The van der Waals surface area contributed by atoms with E-state index in [1.807, 2.05) is 54.6 Å². The highest BCUT2D eigenvalue weighted by Gasteiger charge is 2.33. The average Bonchev–Trinajstić information content (AvgIpc) is 2.67. The van der Waals surface area contributed by atoms with Crippen molar-refractivity contribution in [2.75, 3.05) is 26.3 Å². The fourth-order valence-corrected chi connectivity index (χ4v) is 3.37. The summed E-state index contributed by atoms with van der Waals surface area (Å²) in [7, 11) is 0. The summed E-state index contributed by atoms with van der Waals surface area (Å²) in [4.78, 5) is 14.2. The molecule has 4 nitrogen and oxygen atoms in total. The van der Waals surface area contributed by atoms with Gasteiger partial charge in [0.15, 0.2) is 12.4 Å². The number of ether oxygens (including phenoxy) is 2. The lowest BCUT2D eigenvalue weighted by atomic mass is 9.93. The van der Waals surface area contributed by atoms with Gasteiger partial charge < -0.3 is 14.4 Å². The summed E-state index contributed by atoms with van der Waals surface area (Å²) in [6, 6.07) is 17.8. The zero-order chi connectivity index (χ0) is 16.4. The van der Waals surface area contributed by atoms with Crippen molar-refractivity contribution in [1.29, 1.82) is 0 Å². The number of rotatable bonds is 3. The number of hydrogen-bond acceptors (Lipinski definition) is 4. The van der Waals surface area contributed by atoms with Crippen LogP contribution in [0.25, 0.3) is 5.57 Å². The summed E-state index contributed by atoms with van der Waals surface area (Å²) in [5.41, 5.74) is 3.57. The van der Waals surface area contributed by atoms with E-state index < -0.39 is 0 Å². The van der Waals surface area contributed by atoms with Crippen LogP contribution in [-0.4, -0.2) is 37.5 Å². The van der Waals surface area contributed by atoms with Crippen molar-refractivity contribution in [1.82, 2.24) is 4.90 Å². The van der Waals surface area contributed by atoms with Crippen LogP contribution in [0.3, 0.4) is 0 Å². The van der Waals surface area contributed by atoms with Crippen molar-refractivity contribution in [3.05, 3.63) is 71.4 Å². The molecular formula is C20H19NO3. The standard InChI is InChI=1S/C20H19NO3/c22-14-17-16-8-4-5-9-18(16)24-20(15-6-2-1-3-7-15)19(17)21-10-12-23-13-11-21/h1-9,14,20H,10-13H2. The van der Waals surface area contributed by atoms with Crippen molar-refractivity contribution in [2.45, 2.75) is 6.10 Å². The molecule has 0 spiro atoms. The quantitative estimate of drug-likeness (QED) is 0.815. The van der Waals surface area contributed by atoms with Gasteiger partial charge >= 0.3 is 0 Å². The van der Waals surface area contributed by atoms with Crippen molar-refractivity contribution in [3.63, 3.8) is 0 Å². The molecule has 0 aromatic heterocycles. The Balaban J connectivity index is 1.88. The number of hydrogen-bond donors (Lipinski definition) is 0. The molecule has 0 bridgehead atoms. The maximum absolute atomic E-state index is 12.0. The van der Waals surface area contributed by atoms with E-state index >= 15 is 0 Å². The Morgan fingerprint density at radius 3 is 2.42 bits per heavy atom. The maximum atomic E-state index is 12.0. The van der Waals surface area contributed by atoms with E-state index in [9.17, 15) is 4.79 Å². The number of para-hydroxylation sites is 1. The summed E-state index contributed by atoms with van der Waals surface area (Å²) in [5, 5.41) is 0. The van der Waals surface area contributed by atoms with Crippen molar-refractivity contribution < 1.29 is 14.3 Å². The topological polar surface area (TPSA) is 38.8 Å². The zero-order valence-electron chi connectivity index (χ0n) is 13.4. The first-order chi connectivity index (χ1) is 11.9. The zero-order valence-corrected chi connectivity index (χ0v) is 13.4. The van der Waals surface area contributed by atoms with Crippen LogP contribution in [-0.2, 0) is 9.53 Å². The normalized spacial score (nSPS) is 20.3. The van der Waals surface area contributed by atoms with E-state index in [2.05, 4.69) is 4.90 Å². The molecule has 1 fully saturated rings. The fourth-order valence-electron chi connectivity index (χ4n) is 3.37. The lowest BCUT2D eigenvalue weighted by molar-refractivity contribution is -0.103. The van der Waals surface area contributed by atoms with Crippen LogP contribution in [0.15, 0.2) is 60.3 Å². The van der Waals surface area contributed by atoms with Gasteiger partial charge in [0.1, 0.15) is 5.75 Å². The highest BCUT2D eigenvalue weighted by Crippen LogP contribution is 2.42. The van der Waals surface area contributed by atoms with E-state index in [0.717, 1.165) is 41.9 Å². The Bertz CT molecular complexity index is 763. The molecule has 2 aromatic carbocycles. The Hall–Kier alpha value is -2.59. The second-order valence-corrected chi connectivity index (χ2v) is 5.92. The molecule has 1 unspecified atom stereocenters. The van der Waals surface area contributed by atoms with E-state index in [-0.39, 0.29) is 6.10 Å². The van der Waals surface area contributed by atoms with E-state index in [1.54, 1.807) is 0 Å². The van der Waals surface area contributed by atoms with Gasteiger partial charge in [-0.3, -0.25) is 4.79 Å². The molecule has 4 heteroatoms. The third kappa shape index (κ3) is 2.59. The molecule has 4 rings (SSSR count). The van der Waals surface area contributed by atoms with Gasteiger partial charge in [0.25, 0.3) is 0 Å². The second kappa shape index (κ2) is 6.49. The molecule has 1 atom stereocenters. The smallest absolute Gasteiger partial charge is 0.164 e. The van der Waals surface area contributed by atoms with E-state index in [1.165, 1.54) is 0 Å². The van der Waals surface area contributed by atoms with Crippen molar-refractivity contribution in [2.24, 2.45) is 0 Å². The van der Waals surface area contributed by atoms with Crippen LogP contribution in [0.5, 0.6) is 5.75 Å². The Morgan fingerprint density at radius 2 is 1.67 bits per heavy atom. The van der Waals surface area contributed by atoms with Crippen LogP contribution >= 0.6 is 0 Å². The number of aldehydes is 1. The highest BCUT2D eigenvalue weighted by atomic mass is 16.5. The molecule has 122 valence electrons. The molecule has 2 aliphatic rings. The number of allylic oxidation sites excluding steroid dienone is 1. The van der Waals surface area contributed by atoms with Crippen LogP contribution < -0.4 is 4.74 Å². The van der Waals surface area contributed by atoms with E-state index in [0.29, 0.717) is 18.8 Å². The first-order valence-corrected chi connectivity index (χ1v) is 8.21. The number of carbonyl (C=O) groups is 1. The third-order valence-corrected chi connectivity index (χ3v) is 4.52. The van der Waals surface area contributed by atoms with Gasteiger partial charge in [-0.2, -0.15) is 0 Å². The van der Waals surface area contributed by atoms with Gasteiger partial charge in [-0.05, 0) is 11.6 Å². The number of carbonyl (C=O) groups excluding carboxylic acids is 1. The van der Waals surface area contributed by atoms with Gasteiger partial charge in [0.05, 0.1) is 18.9 Å². The van der Waals surface area contributed by atoms with Crippen LogP contribution in [0, 0.1) is 0 Å². The molecule has 2 aromatic rings. The Morgan fingerprint density at radius 1 is 0.958 bits per heavy atom. The Kier molecular flexibility index (Phi) is 4.05. The summed E-state index contributed by atoms with van der Waals surface area (Å²) < 4.78 is 11.8. The Labute approximate surface area is 141 Å². The first-order valence-electron chi connectivity index (χ1n) is 8.21. The van der Waals surface area contributed by atoms with Gasteiger partial charge in [-0.15, -0.1) is 0 Å². The molecule has 0 saturated carbocycles. The first kappa shape index (κ1) is 15.0. The maximum Gasteiger partial charge on any atom is 0.164 e. The fraction of sp³-hybridized carbons (Fsp3) is 0.250. The SMILES string of the molecule is O=CC1=C(N2CCOCC2)C(c2ccccc2)Oc2ccccc21. The lowest BCUT2D eigenvalue weighted by Gasteiger charge is -2.39. The molecule has 1 saturated heterocycles. The molecule has 0 N–H and O–H groups in total. The van der Waals surface area contributed by atoms with Crippen molar-refractivity contribution in [3.8, 4) is 5.75 Å². The lowest BCUT2D eigenvalue weighted by Crippen LogP contribution is -2.40. The number of nitrogens with zero attached hydrogens (tertiary/aromatic N) is 1. The van der Waals surface area contributed by atoms with Crippen LogP contribution in [0.1, 0.15) is 17.2 Å². The summed E-state index contributed by atoms with van der Waals surface area (Å²) in [6.45, 7) is 2.86. The van der Waals surface area contributed by atoms with Gasteiger partial charge in [-0.25, -0.2) is 0 Å². The number of benzene rings is 2. The van der Waals surface area contributed by atoms with Crippen molar-refractivity contribution >= 4 is 11.9 Å². The monoisotopic (exact) mass is 321 g/mol. The predicted octanol–water partition coefficient (Wildman–Crippen LogP) is 3.06. The third-order valence-electron chi connectivity index (χ3n) is 4.52. The minimum atomic E-state index is -0.278. The molecule has 2 aliphatic heterocycles. The predicted molar refractivity (Wildman–Crippen MR) is 91.6 cm³/mol. The average molecular weight is 321 g/mol. The van der Waals surface area contributed by atoms with Crippen LogP contribution in [0.4, 0.5) is 0 Å². The molecule has 24 heavy (non-hydrogen) atoms. The highest BCUT2D eigenvalue weighted by molar-refractivity contribution is 6.10. The van der Waals surface area contributed by atoms with Gasteiger partial charge in [0, 0.05) is 24.2 Å². The molecule has 0 radical (unpaired) electrons. The van der Waals surface area contributed by atoms with Crippen LogP contribution in [0.2, 0.25) is 0 Å². The molecule has 0 aliphatic carbocycles. The minimum Gasteiger partial charge on any atom is -0.479 e. The largest absolute Gasteiger partial charge is 0.479 e. The number of fused-ring (bicyclic) bond motifs is 1. The second-order valence-electron chi connectivity index (χ2n) is 5.92. The molecular weight excluding hydrogens is 302 g/mol. The number of morpholine rings is 1. The van der Waals surface area contributed by atoms with Gasteiger partial charge in [-0.1, -0.05) is 48.5 Å². The summed E-state index contributed by atoms with van der Waals surface area (Å²) in [5.74, 6) is 0.755. The summed E-state index contributed by atoms with van der Waals surface area (Å²) in [6.07, 6.45) is 0.682.